The van der Waals surface area contributed by atoms with E-state index in [4.69, 9.17) is 9.84 Å². The Morgan fingerprint density at radius 1 is 1.33 bits per heavy atom. The van der Waals surface area contributed by atoms with Crippen molar-refractivity contribution in [3.8, 4) is 0 Å². The lowest BCUT2D eigenvalue weighted by Crippen LogP contribution is -2.47. The summed E-state index contributed by atoms with van der Waals surface area (Å²) in [5.41, 5.74) is 0.562. The van der Waals surface area contributed by atoms with E-state index in [-0.39, 0.29) is 24.4 Å². The smallest absolute Gasteiger partial charge is 0.317 e. The van der Waals surface area contributed by atoms with Crippen LogP contribution in [-0.4, -0.2) is 77.2 Å². The Kier molecular flexibility index (Phi) is 3.94. The molecule has 0 radical (unpaired) electrons. The van der Waals surface area contributed by atoms with Crippen molar-refractivity contribution in [2.24, 2.45) is 5.92 Å². The molecule has 1 aromatic rings. The van der Waals surface area contributed by atoms with Crippen molar-refractivity contribution in [2.45, 2.75) is 6.04 Å². The highest BCUT2D eigenvalue weighted by Gasteiger charge is 2.36. The normalized spacial score (nSPS) is 26.4. The summed E-state index contributed by atoms with van der Waals surface area (Å²) < 4.78 is 5.63. The first-order valence-corrected chi connectivity index (χ1v) is 7.09. The Labute approximate surface area is 122 Å². The Bertz CT molecular complexity index is 516. The van der Waals surface area contributed by atoms with Crippen LogP contribution in [0.4, 0.5) is 0 Å². The molecule has 0 aromatic carbocycles. The minimum absolute atomic E-state index is 0.0114. The fourth-order valence-electron chi connectivity index (χ4n) is 3.13. The number of aromatic amines is 1. The van der Waals surface area contributed by atoms with E-state index in [1.165, 1.54) is 0 Å². The predicted octanol–water partition coefficient (Wildman–Crippen LogP) is -0.128. The van der Waals surface area contributed by atoms with E-state index < -0.39 is 5.97 Å². The lowest BCUT2D eigenvalue weighted by Gasteiger charge is -2.30. The third-order valence-electron chi connectivity index (χ3n) is 3.99. The maximum absolute atomic E-state index is 12.6. The minimum atomic E-state index is -0.835. The van der Waals surface area contributed by atoms with Gasteiger partial charge < -0.3 is 19.7 Å². The second-order valence-electron chi connectivity index (χ2n) is 5.69. The van der Waals surface area contributed by atoms with Crippen LogP contribution >= 0.6 is 0 Å². The number of rotatable bonds is 3. The van der Waals surface area contributed by atoms with E-state index in [2.05, 4.69) is 4.98 Å². The van der Waals surface area contributed by atoms with Crippen LogP contribution < -0.4 is 0 Å². The molecule has 0 unspecified atom stereocenters. The van der Waals surface area contributed by atoms with Crippen LogP contribution in [0.1, 0.15) is 10.5 Å². The molecule has 2 saturated heterocycles. The number of carbonyl (C=O) groups is 2. The quantitative estimate of drug-likeness (QED) is 0.811. The minimum Gasteiger partial charge on any atom is -0.480 e. The summed E-state index contributed by atoms with van der Waals surface area (Å²) in [7, 11) is 0. The summed E-state index contributed by atoms with van der Waals surface area (Å²) in [5.74, 6) is -0.730. The summed E-state index contributed by atoms with van der Waals surface area (Å²) in [6, 6.07) is 3.45. The number of fused-ring (bicyclic) bond motifs is 3. The molecular weight excluding hydrogens is 274 g/mol. The standard InChI is InChI=1S/C14H19N3O4/c18-13(19)7-16-4-10-5-17(11(6-16)9-21-8-10)14(20)12-2-1-3-15-12/h1-3,10-11,15H,4-9H2,(H,18,19)/t10-,11-/m0/s1. The highest BCUT2D eigenvalue weighted by atomic mass is 16.5. The molecule has 21 heavy (non-hydrogen) atoms. The van der Waals surface area contributed by atoms with Crippen molar-refractivity contribution in [1.82, 2.24) is 14.8 Å². The number of hydrogen-bond acceptors (Lipinski definition) is 4. The van der Waals surface area contributed by atoms with Crippen molar-refractivity contribution in [2.75, 3.05) is 39.4 Å². The van der Waals surface area contributed by atoms with Gasteiger partial charge in [-0.3, -0.25) is 14.5 Å². The average Bonchev–Trinajstić information content (AvgIpc) is 2.80. The van der Waals surface area contributed by atoms with Crippen LogP contribution in [0.5, 0.6) is 0 Å². The summed E-state index contributed by atoms with van der Waals surface area (Å²) in [6.45, 7) is 2.84. The SMILES string of the molecule is O=C(O)CN1C[C@@H]2COC[C@H](C1)N(C(=O)c1ccc[nH]1)C2. The summed E-state index contributed by atoms with van der Waals surface area (Å²) in [5, 5.41) is 8.99. The van der Waals surface area contributed by atoms with Crippen LogP contribution in [0.3, 0.4) is 0 Å². The van der Waals surface area contributed by atoms with E-state index in [1.54, 1.807) is 18.3 Å². The maximum Gasteiger partial charge on any atom is 0.317 e. The number of ether oxygens (including phenoxy) is 1. The number of nitrogens with one attached hydrogen (secondary N) is 1. The second-order valence-corrected chi connectivity index (χ2v) is 5.69. The monoisotopic (exact) mass is 293 g/mol. The average molecular weight is 293 g/mol. The highest BCUT2D eigenvalue weighted by Crippen LogP contribution is 2.21. The zero-order valence-corrected chi connectivity index (χ0v) is 11.7. The third kappa shape index (κ3) is 3.08. The Morgan fingerprint density at radius 2 is 2.19 bits per heavy atom. The first-order valence-electron chi connectivity index (χ1n) is 7.09. The van der Waals surface area contributed by atoms with Gasteiger partial charge in [0.05, 0.1) is 25.8 Å². The van der Waals surface area contributed by atoms with E-state index in [0.717, 1.165) is 0 Å². The molecule has 114 valence electrons. The molecule has 2 aliphatic rings. The number of aromatic nitrogens is 1. The number of hydrogen-bond donors (Lipinski definition) is 2. The highest BCUT2D eigenvalue weighted by molar-refractivity contribution is 5.92. The van der Waals surface area contributed by atoms with Gasteiger partial charge >= 0.3 is 5.97 Å². The lowest BCUT2D eigenvalue weighted by atomic mass is 10.1. The molecule has 2 aliphatic heterocycles. The van der Waals surface area contributed by atoms with Gasteiger partial charge in [0.1, 0.15) is 5.69 Å². The molecule has 1 aromatic heterocycles. The summed E-state index contributed by atoms with van der Waals surface area (Å²) in [4.78, 5) is 30.2. The van der Waals surface area contributed by atoms with Crippen molar-refractivity contribution in [3.63, 3.8) is 0 Å². The fourth-order valence-corrected chi connectivity index (χ4v) is 3.13. The van der Waals surface area contributed by atoms with Gasteiger partial charge in [-0.1, -0.05) is 0 Å². The molecule has 3 rings (SSSR count). The van der Waals surface area contributed by atoms with Gasteiger partial charge in [-0.05, 0) is 12.1 Å². The molecule has 2 bridgehead atoms. The Morgan fingerprint density at radius 3 is 2.90 bits per heavy atom. The zero-order chi connectivity index (χ0) is 14.8. The van der Waals surface area contributed by atoms with Crippen molar-refractivity contribution >= 4 is 11.9 Å². The van der Waals surface area contributed by atoms with Gasteiger partial charge in [-0.25, -0.2) is 0 Å². The van der Waals surface area contributed by atoms with Crippen molar-refractivity contribution in [1.29, 1.82) is 0 Å². The van der Waals surface area contributed by atoms with Crippen LogP contribution in [0, 0.1) is 5.92 Å². The number of H-pyrrole nitrogens is 1. The van der Waals surface area contributed by atoms with Gasteiger partial charge in [-0.15, -0.1) is 0 Å². The number of carbonyl (C=O) groups excluding carboxylic acids is 1. The largest absolute Gasteiger partial charge is 0.480 e. The second kappa shape index (κ2) is 5.87. The number of carboxylic acids is 1. The van der Waals surface area contributed by atoms with Crippen molar-refractivity contribution < 1.29 is 19.4 Å². The van der Waals surface area contributed by atoms with Gasteiger partial charge in [0.15, 0.2) is 0 Å². The Hall–Kier alpha value is -1.86. The van der Waals surface area contributed by atoms with E-state index in [9.17, 15) is 9.59 Å². The molecular formula is C14H19N3O4. The van der Waals surface area contributed by atoms with Crippen LogP contribution in [-0.2, 0) is 9.53 Å². The Balaban J connectivity index is 1.79. The number of nitrogens with zero attached hydrogens (tertiary/aromatic N) is 2. The van der Waals surface area contributed by atoms with Crippen LogP contribution in [0.25, 0.3) is 0 Å². The summed E-state index contributed by atoms with van der Waals surface area (Å²) in [6.07, 6.45) is 1.73. The number of carboxylic acid groups (broad SMARTS) is 1. The maximum atomic E-state index is 12.6. The third-order valence-corrected chi connectivity index (χ3v) is 3.99. The van der Waals surface area contributed by atoms with Gasteiger partial charge in [0.2, 0.25) is 0 Å². The number of amides is 1. The molecule has 2 atom stereocenters. The first-order chi connectivity index (χ1) is 10.1. The molecule has 1 amide bonds. The van der Waals surface area contributed by atoms with E-state index in [1.807, 2.05) is 9.80 Å². The molecule has 2 N–H and O–H groups in total. The molecule has 2 fully saturated rings. The molecule has 7 heteroatoms. The fraction of sp³-hybridized carbons (Fsp3) is 0.571. The summed E-state index contributed by atoms with van der Waals surface area (Å²) >= 11 is 0. The van der Waals surface area contributed by atoms with Gasteiger partial charge in [0.25, 0.3) is 5.91 Å². The molecule has 0 aliphatic carbocycles. The van der Waals surface area contributed by atoms with Crippen LogP contribution in [0.2, 0.25) is 0 Å². The van der Waals surface area contributed by atoms with Crippen LogP contribution in [0.15, 0.2) is 18.3 Å². The molecule has 0 saturated carbocycles. The lowest BCUT2D eigenvalue weighted by molar-refractivity contribution is -0.138. The number of aliphatic carboxylic acids is 1. The predicted molar refractivity (Wildman–Crippen MR) is 74.0 cm³/mol. The van der Waals surface area contributed by atoms with Crippen molar-refractivity contribution in [3.05, 3.63) is 24.0 Å². The molecule has 7 nitrogen and oxygen atoms in total. The van der Waals surface area contributed by atoms with E-state index in [0.29, 0.717) is 38.5 Å². The first kappa shape index (κ1) is 14.1. The topological polar surface area (TPSA) is 85.9 Å². The van der Waals surface area contributed by atoms with Gasteiger partial charge in [0, 0.05) is 31.7 Å². The molecule has 0 spiro atoms. The van der Waals surface area contributed by atoms with Gasteiger partial charge in [-0.2, -0.15) is 0 Å². The van der Waals surface area contributed by atoms with E-state index >= 15 is 0 Å². The zero-order valence-electron chi connectivity index (χ0n) is 11.7. The molecule has 3 heterocycles.